The second-order valence-corrected chi connectivity index (χ2v) is 5.40. The van der Waals surface area contributed by atoms with Crippen LogP contribution < -0.4 is 14.8 Å². The topological polar surface area (TPSA) is 97.7 Å². The molecule has 27 heavy (non-hydrogen) atoms. The predicted octanol–water partition coefficient (Wildman–Crippen LogP) is 2.91. The Kier molecular flexibility index (Phi) is 7.67. The predicted molar refractivity (Wildman–Crippen MR) is 98.5 cm³/mol. The van der Waals surface area contributed by atoms with Gasteiger partial charge in [0.05, 0.1) is 31.3 Å². The molecule has 0 aliphatic rings. The Morgan fingerprint density at radius 2 is 1.63 bits per heavy atom. The minimum absolute atomic E-state index is 0.0252. The van der Waals surface area contributed by atoms with Crippen LogP contribution in [0, 0.1) is 11.3 Å². The first-order valence-electron chi connectivity index (χ1n) is 8.42. The lowest BCUT2D eigenvalue weighted by Gasteiger charge is -2.08. The number of hydrogen-bond acceptors (Lipinski definition) is 6. The first-order valence-corrected chi connectivity index (χ1v) is 8.42. The summed E-state index contributed by atoms with van der Waals surface area (Å²) in [4.78, 5) is 23.4. The van der Waals surface area contributed by atoms with Crippen LogP contribution in [0.1, 0.15) is 18.9 Å². The molecular formula is C20H20N2O5. The number of nitriles is 1. The maximum Gasteiger partial charge on any atom is 0.309 e. The van der Waals surface area contributed by atoms with Crippen LogP contribution in [0.5, 0.6) is 11.5 Å². The van der Waals surface area contributed by atoms with Gasteiger partial charge < -0.3 is 19.5 Å². The van der Waals surface area contributed by atoms with Crippen molar-refractivity contribution in [3.63, 3.8) is 0 Å². The summed E-state index contributed by atoms with van der Waals surface area (Å²) in [6, 6.07) is 15.4. The second kappa shape index (κ2) is 10.5. The molecule has 7 heteroatoms. The molecule has 0 bridgehead atoms. The van der Waals surface area contributed by atoms with Crippen LogP contribution in [-0.4, -0.2) is 31.7 Å². The number of nitrogens with zero attached hydrogens (tertiary/aromatic N) is 1. The molecule has 2 rings (SSSR count). The van der Waals surface area contributed by atoms with E-state index in [1.165, 1.54) is 0 Å². The highest BCUT2D eigenvalue weighted by atomic mass is 16.5. The van der Waals surface area contributed by atoms with Crippen LogP contribution in [0.3, 0.4) is 0 Å². The van der Waals surface area contributed by atoms with Crippen LogP contribution in [0.2, 0.25) is 0 Å². The summed E-state index contributed by atoms with van der Waals surface area (Å²) in [6.07, 6.45) is 0.0252. The molecule has 0 radical (unpaired) electrons. The van der Waals surface area contributed by atoms with Gasteiger partial charge in [0, 0.05) is 5.69 Å². The Labute approximate surface area is 157 Å². The first-order chi connectivity index (χ1) is 13.1. The van der Waals surface area contributed by atoms with Gasteiger partial charge >= 0.3 is 5.97 Å². The molecule has 0 spiro atoms. The van der Waals surface area contributed by atoms with E-state index in [4.69, 9.17) is 19.5 Å². The SMILES string of the molecule is CCOc1ccc(OCCC(=O)OCC(=O)Nc2ccc(C#N)cc2)cc1. The van der Waals surface area contributed by atoms with Crippen LogP contribution in [0.4, 0.5) is 5.69 Å². The number of rotatable bonds is 9. The van der Waals surface area contributed by atoms with Crippen LogP contribution in [0.15, 0.2) is 48.5 Å². The van der Waals surface area contributed by atoms with Crippen molar-refractivity contribution in [1.82, 2.24) is 0 Å². The molecule has 1 amide bonds. The summed E-state index contributed by atoms with van der Waals surface area (Å²) in [5.41, 5.74) is 1.01. The standard InChI is InChI=1S/C20H20N2O5/c1-2-25-17-7-9-18(10-8-17)26-12-11-20(24)27-14-19(23)22-16-5-3-15(13-21)4-6-16/h3-10H,2,11-12,14H2,1H3,(H,22,23). The summed E-state index contributed by atoms with van der Waals surface area (Å²) in [7, 11) is 0. The number of benzene rings is 2. The third-order valence-corrected chi connectivity index (χ3v) is 3.37. The normalized spacial score (nSPS) is 9.78. The molecule has 2 aromatic carbocycles. The van der Waals surface area contributed by atoms with E-state index in [0.717, 1.165) is 5.75 Å². The minimum atomic E-state index is -0.532. The monoisotopic (exact) mass is 368 g/mol. The van der Waals surface area contributed by atoms with Gasteiger partial charge in [-0.25, -0.2) is 0 Å². The Bertz CT molecular complexity index is 795. The van der Waals surface area contributed by atoms with E-state index >= 15 is 0 Å². The van der Waals surface area contributed by atoms with Gasteiger partial charge in [-0.2, -0.15) is 5.26 Å². The lowest BCUT2D eigenvalue weighted by atomic mass is 10.2. The van der Waals surface area contributed by atoms with Crippen molar-refractivity contribution in [2.45, 2.75) is 13.3 Å². The highest BCUT2D eigenvalue weighted by molar-refractivity contribution is 5.92. The number of amides is 1. The summed E-state index contributed by atoms with van der Waals surface area (Å²) in [6.45, 7) is 2.25. The number of carbonyl (C=O) groups is 2. The van der Waals surface area contributed by atoms with Crippen molar-refractivity contribution in [3.05, 3.63) is 54.1 Å². The van der Waals surface area contributed by atoms with E-state index in [9.17, 15) is 9.59 Å². The number of ether oxygens (including phenoxy) is 3. The zero-order valence-electron chi connectivity index (χ0n) is 14.9. The highest BCUT2D eigenvalue weighted by Crippen LogP contribution is 2.17. The van der Waals surface area contributed by atoms with Crippen molar-refractivity contribution >= 4 is 17.6 Å². The summed E-state index contributed by atoms with van der Waals surface area (Å²) in [5.74, 6) is 0.374. The number of nitrogens with one attached hydrogen (secondary N) is 1. The third kappa shape index (κ3) is 7.08. The number of esters is 1. The maximum atomic E-state index is 11.8. The number of carbonyl (C=O) groups excluding carboxylic acids is 2. The molecule has 0 saturated heterocycles. The Hall–Kier alpha value is -3.53. The van der Waals surface area contributed by atoms with E-state index in [-0.39, 0.29) is 19.6 Å². The fourth-order valence-corrected chi connectivity index (χ4v) is 2.09. The summed E-state index contributed by atoms with van der Waals surface area (Å²) >= 11 is 0. The molecular weight excluding hydrogens is 348 g/mol. The molecule has 0 aliphatic heterocycles. The second-order valence-electron chi connectivity index (χ2n) is 5.40. The lowest BCUT2D eigenvalue weighted by molar-refractivity contribution is -0.147. The van der Waals surface area contributed by atoms with E-state index < -0.39 is 11.9 Å². The molecule has 2 aromatic rings. The van der Waals surface area contributed by atoms with Gasteiger partial charge in [-0.15, -0.1) is 0 Å². The van der Waals surface area contributed by atoms with Gasteiger partial charge in [0.15, 0.2) is 6.61 Å². The molecule has 0 aliphatic carbocycles. The fraction of sp³-hybridized carbons (Fsp3) is 0.250. The molecule has 0 saturated carbocycles. The van der Waals surface area contributed by atoms with E-state index in [1.807, 2.05) is 13.0 Å². The van der Waals surface area contributed by atoms with E-state index in [2.05, 4.69) is 5.32 Å². The first kappa shape index (κ1) is 19.8. The Morgan fingerprint density at radius 3 is 2.22 bits per heavy atom. The molecule has 7 nitrogen and oxygen atoms in total. The van der Waals surface area contributed by atoms with Gasteiger partial charge in [-0.3, -0.25) is 9.59 Å². The van der Waals surface area contributed by atoms with E-state index in [0.29, 0.717) is 23.6 Å². The minimum Gasteiger partial charge on any atom is -0.494 e. The van der Waals surface area contributed by atoms with Gasteiger partial charge in [0.2, 0.25) is 0 Å². The van der Waals surface area contributed by atoms with Crippen LogP contribution in [-0.2, 0) is 14.3 Å². The van der Waals surface area contributed by atoms with Gasteiger partial charge in [-0.05, 0) is 55.5 Å². The largest absolute Gasteiger partial charge is 0.494 e. The van der Waals surface area contributed by atoms with E-state index in [1.54, 1.807) is 48.5 Å². The van der Waals surface area contributed by atoms with Crippen LogP contribution >= 0.6 is 0 Å². The number of anilines is 1. The zero-order chi connectivity index (χ0) is 19.5. The molecule has 0 heterocycles. The maximum absolute atomic E-state index is 11.8. The Balaban J connectivity index is 1.65. The third-order valence-electron chi connectivity index (χ3n) is 3.37. The number of hydrogen-bond donors (Lipinski definition) is 1. The van der Waals surface area contributed by atoms with Gasteiger partial charge in [0.1, 0.15) is 11.5 Å². The Morgan fingerprint density at radius 1 is 1.00 bits per heavy atom. The van der Waals surface area contributed by atoms with Crippen molar-refractivity contribution in [2.24, 2.45) is 0 Å². The average molecular weight is 368 g/mol. The molecule has 0 fully saturated rings. The lowest BCUT2D eigenvalue weighted by Crippen LogP contribution is -2.21. The molecule has 0 aromatic heterocycles. The smallest absolute Gasteiger partial charge is 0.309 e. The zero-order valence-corrected chi connectivity index (χ0v) is 14.9. The van der Waals surface area contributed by atoms with Crippen molar-refractivity contribution < 1.29 is 23.8 Å². The van der Waals surface area contributed by atoms with Crippen LogP contribution in [0.25, 0.3) is 0 Å². The molecule has 1 N–H and O–H groups in total. The summed E-state index contributed by atoms with van der Waals surface area (Å²) in [5, 5.41) is 11.3. The van der Waals surface area contributed by atoms with Gasteiger partial charge in [0.25, 0.3) is 5.91 Å². The molecule has 0 unspecified atom stereocenters. The van der Waals surface area contributed by atoms with Crippen molar-refractivity contribution in [2.75, 3.05) is 25.1 Å². The van der Waals surface area contributed by atoms with Gasteiger partial charge in [-0.1, -0.05) is 0 Å². The average Bonchev–Trinajstić information content (AvgIpc) is 2.68. The quantitative estimate of drug-likeness (QED) is 0.684. The molecule has 140 valence electrons. The van der Waals surface area contributed by atoms with Crippen molar-refractivity contribution in [1.29, 1.82) is 5.26 Å². The molecule has 0 atom stereocenters. The fourth-order valence-electron chi connectivity index (χ4n) is 2.09. The summed E-state index contributed by atoms with van der Waals surface area (Å²) < 4.78 is 15.7. The highest BCUT2D eigenvalue weighted by Gasteiger charge is 2.08. The van der Waals surface area contributed by atoms with Crippen molar-refractivity contribution in [3.8, 4) is 17.6 Å².